The van der Waals surface area contributed by atoms with Gasteiger partial charge in [-0.1, -0.05) is 0 Å². The average molecular weight is 203 g/mol. The van der Waals surface area contributed by atoms with Crippen LogP contribution < -0.4 is 0 Å². The highest BCUT2D eigenvalue weighted by Crippen LogP contribution is 2.07. The van der Waals surface area contributed by atoms with Gasteiger partial charge in [-0.2, -0.15) is 0 Å². The summed E-state index contributed by atoms with van der Waals surface area (Å²) in [4.78, 5) is 12.8. The molecule has 0 saturated carbocycles. The van der Waals surface area contributed by atoms with Crippen LogP contribution in [0.4, 0.5) is 0 Å². The summed E-state index contributed by atoms with van der Waals surface area (Å²) in [5.74, 6) is -0.194. The molecule has 0 aliphatic heterocycles. The van der Waals surface area contributed by atoms with Gasteiger partial charge in [0.25, 0.3) is 0 Å². The van der Waals surface area contributed by atoms with Crippen LogP contribution in [0.15, 0.2) is 0 Å². The maximum absolute atomic E-state index is 10.8. The molecule has 0 saturated heterocycles. The second-order valence-corrected chi connectivity index (χ2v) is 4.19. The molecule has 0 aromatic heterocycles. The average Bonchev–Trinajstić information content (AvgIpc) is 2.09. The number of hydrogen-bond acceptors (Lipinski definition) is 4. The number of ether oxygens (including phenoxy) is 1. The summed E-state index contributed by atoms with van der Waals surface area (Å²) in [6.45, 7) is 5.01. The van der Waals surface area contributed by atoms with Crippen molar-refractivity contribution in [3.63, 3.8) is 0 Å². The van der Waals surface area contributed by atoms with Gasteiger partial charge in [-0.15, -0.1) is 0 Å². The zero-order chi connectivity index (χ0) is 11.2. The highest BCUT2D eigenvalue weighted by Gasteiger charge is 2.13. The fourth-order valence-electron chi connectivity index (χ4n) is 0.960. The van der Waals surface area contributed by atoms with Gasteiger partial charge in [-0.05, 0) is 27.3 Å². The Morgan fingerprint density at radius 3 is 2.43 bits per heavy atom. The smallest absolute Gasteiger partial charge is 0.306 e. The lowest BCUT2D eigenvalue weighted by Gasteiger charge is -2.22. The van der Waals surface area contributed by atoms with Crippen LogP contribution in [0.25, 0.3) is 0 Å². The number of aliphatic hydroxyl groups is 1. The Morgan fingerprint density at radius 1 is 1.43 bits per heavy atom. The van der Waals surface area contributed by atoms with Crippen molar-refractivity contribution in [2.45, 2.75) is 32.3 Å². The summed E-state index contributed by atoms with van der Waals surface area (Å²) >= 11 is 0. The highest BCUT2D eigenvalue weighted by atomic mass is 16.5. The number of esters is 1. The maximum Gasteiger partial charge on any atom is 0.306 e. The van der Waals surface area contributed by atoms with E-state index in [2.05, 4.69) is 4.74 Å². The van der Waals surface area contributed by atoms with Crippen LogP contribution in [0.3, 0.4) is 0 Å². The van der Waals surface area contributed by atoms with E-state index >= 15 is 0 Å². The minimum absolute atomic E-state index is 0.194. The van der Waals surface area contributed by atoms with Crippen molar-refractivity contribution in [1.29, 1.82) is 0 Å². The third-order valence-electron chi connectivity index (χ3n) is 2.03. The van der Waals surface area contributed by atoms with Crippen LogP contribution in [0, 0.1) is 0 Å². The molecule has 4 heteroatoms. The van der Waals surface area contributed by atoms with Gasteiger partial charge in [0.15, 0.2) is 0 Å². The zero-order valence-corrected chi connectivity index (χ0v) is 9.54. The minimum atomic E-state index is -0.639. The Labute approximate surface area is 85.9 Å². The molecule has 0 heterocycles. The van der Waals surface area contributed by atoms with Crippen LogP contribution in [0.5, 0.6) is 0 Å². The van der Waals surface area contributed by atoms with Crippen LogP contribution in [0.2, 0.25) is 0 Å². The molecule has 0 rings (SSSR count). The van der Waals surface area contributed by atoms with E-state index in [0.717, 1.165) is 6.54 Å². The van der Waals surface area contributed by atoms with E-state index in [1.54, 1.807) is 13.8 Å². The molecule has 0 amide bonds. The fraction of sp³-hybridized carbons (Fsp3) is 0.900. The van der Waals surface area contributed by atoms with Gasteiger partial charge in [0, 0.05) is 13.1 Å². The summed E-state index contributed by atoms with van der Waals surface area (Å²) in [5, 5.41) is 9.47. The number of nitrogens with zero attached hydrogens (tertiary/aromatic N) is 1. The normalized spacial score (nSPS) is 11.9. The fourth-order valence-corrected chi connectivity index (χ4v) is 0.960. The lowest BCUT2D eigenvalue weighted by Crippen LogP contribution is -2.29. The molecule has 1 N–H and O–H groups in total. The van der Waals surface area contributed by atoms with Gasteiger partial charge < -0.3 is 14.7 Å². The predicted octanol–water partition coefficient (Wildman–Crippen LogP) is 0.642. The lowest BCUT2D eigenvalue weighted by atomic mass is 10.1. The predicted molar refractivity (Wildman–Crippen MR) is 55.0 cm³/mol. The summed E-state index contributed by atoms with van der Waals surface area (Å²) < 4.78 is 4.53. The summed E-state index contributed by atoms with van der Waals surface area (Å²) in [6.07, 6.45) is 1.10. The van der Waals surface area contributed by atoms with Crippen molar-refractivity contribution in [3.05, 3.63) is 0 Å². The van der Waals surface area contributed by atoms with Gasteiger partial charge in [-0.25, -0.2) is 0 Å². The monoisotopic (exact) mass is 203 g/mol. The minimum Gasteiger partial charge on any atom is -0.469 e. The molecule has 0 fully saturated rings. The number of rotatable bonds is 6. The molecule has 84 valence electrons. The molecule has 0 aliphatic rings. The largest absolute Gasteiger partial charge is 0.469 e. The molecule has 0 aromatic carbocycles. The molecule has 0 atom stereocenters. The summed E-state index contributed by atoms with van der Waals surface area (Å²) in [5.41, 5.74) is -0.639. The Morgan fingerprint density at radius 2 is 2.00 bits per heavy atom. The van der Waals surface area contributed by atoms with Gasteiger partial charge in [0.05, 0.1) is 19.1 Å². The van der Waals surface area contributed by atoms with Gasteiger partial charge in [-0.3, -0.25) is 4.79 Å². The van der Waals surface area contributed by atoms with E-state index in [4.69, 9.17) is 0 Å². The van der Waals surface area contributed by atoms with Crippen molar-refractivity contribution in [2.24, 2.45) is 0 Å². The van der Waals surface area contributed by atoms with Gasteiger partial charge in [0.2, 0.25) is 0 Å². The molecule has 0 spiro atoms. The second-order valence-electron chi connectivity index (χ2n) is 4.19. The number of hydrogen-bond donors (Lipinski definition) is 1. The van der Waals surface area contributed by atoms with E-state index in [9.17, 15) is 9.90 Å². The molecule has 4 nitrogen and oxygen atoms in total. The number of carbonyl (C=O) groups excluding carboxylic acids is 1. The quantitative estimate of drug-likeness (QED) is 0.644. The van der Waals surface area contributed by atoms with E-state index < -0.39 is 5.60 Å². The Kier molecular flexibility index (Phi) is 5.72. The van der Waals surface area contributed by atoms with Crippen molar-refractivity contribution in [2.75, 3.05) is 27.2 Å². The molecule has 14 heavy (non-hydrogen) atoms. The first-order valence-corrected chi connectivity index (χ1v) is 4.83. The van der Waals surface area contributed by atoms with E-state index in [1.165, 1.54) is 7.11 Å². The van der Waals surface area contributed by atoms with Crippen molar-refractivity contribution in [1.82, 2.24) is 4.90 Å². The van der Waals surface area contributed by atoms with E-state index in [0.29, 0.717) is 19.4 Å². The Bertz CT molecular complexity index is 175. The third kappa shape index (κ3) is 8.01. The molecule has 0 radical (unpaired) electrons. The third-order valence-corrected chi connectivity index (χ3v) is 2.03. The SMILES string of the molecule is COC(=O)CCN(C)CCC(C)(C)O. The zero-order valence-electron chi connectivity index (χ0n) is 9.54. The first-order valence-electron chi connectivity index (χ1n) is 4.83. The van der Waals surface area contributed by atoms with Crippen molar-refractivity contribution in [3.8, 4) is 0 Å². The first-order chi connectivity index (χ1) is 6.35. The van der Waals surface area contributed by atoms with Gasteiger partial charge in [0.1, 0.15) is 0 Å². The van der Waals surface area contributed by atoms with Crippen LogP contribution in [0.1, 0.15) is 26.7 Å². The lowest BCUT2D eigenvalue weighted by molar-refractivity contribution is -0.140. The van der Waals surface area contributed by atoms with Crippen LogP contribution >= 0.6 is 0 Å². The molecule has 0 aliphatic carbocycles. The van der Waals surface area contributed by atoms with Crippen LogP contribution in [-0.4, -0.2) is 48.8 Å². The number of carbonyl (C=O) groups is 1. The highest BCUT2D eigenvalue weighted by molar-refractivity contribution is 5.69. The van der Waals surface area contributed by atoms with Crippen molar-refractivity contribution < 1.29 is 14.6 Å². The molecule has 0 unspecified atom stereocenters. The molecular formula is C10H21NO3. The van der Waals surface area contributed by atoms with Crippen LogP contribution in [-0.2, 0) is 9.53 Å². The van der Waals surface area contributed by atoms with Gasteiger partial charge >= 0.3 is 5.97 Å². The maximum atomic E-state index is 10.8. The van der Waals surface area contributed by atoms with E-state index in [1.807, 2.05) is 11.9 Å². The second kappa shape index (κ2) is 5.98. The molecular weight excluding hydrogens is 182 g/mol. The summed E-state index contributed by atoms with van der Waals surface area (Å²) in [7, 11) is 3.31. The molecule has 0 aromatic rings. The summed E-state index contributed by atoms with van der Waals surface area (Å²) in [6, 6.07) is 0. The molecule has 0 bridgehead atoms. The van der Waals surface area contributed by atoms with E-state index in [-0.39, 0.29) is 5.97 Å². The topological polar surface area (TPSA) is 49.8 Å². The Balaban J connectivity index is 3.56. The first kappa shape index (κ1) is 13.4. The Hall–Kier alpha value is -0.610. The number of methoxy groups -OCH3 is 1. The standard InChI is InChI=1S/C10H21NO3/c1-10(2,13)6-8-11(3)7-5-9(12)14-4/h13H,5-8H2,1-4H3. The van der Waals surface area contributed by atoms with Crippen molar-refractivity contribution >= 4 is 5.97 Å².